The Morgan fingerprint density at radius 3 is 2.56 bits per heavy atom. The number of benzene rings is 3. The zero-order valence-corrected chi connectivity index (χ0v) is 18.6. The maximum Gasteiger partial charge on any atom is 0.227 e. The molecule has 0 aliphatic carbocycles. The van der Waals surface area contributed by atoms with Gasteiger partial charge in [-0.25, -0.2) is 8.78 Å². The number of carbonyl (C=O) groups excluding carboxylic acids is 2. The van der Waals surface area contributed by atoms with Crippen LogP contribution < -0.4 is 19.7 Å². The molecule has 6 nitrogen and oxygen atoms in total. The van der Waals surface area contributed by atoms with E-state index in [-0.39, 0.29) is 37.0 Å². The molecule has 0 aromatic heterocycles. The van der Waals surface area contributed by atoms with Crippen LogP contribution in [0.3, 0.4) is 0 Å². The third-order valence-corrected chi connectivity index (χ3v) is 5.63. The Hall–Kier alpha value is -3.94. The van der Waals surface area contributed by atoms with E-state index in [1.165, 1.54) is 11.0 Å². The third-order valence-electron chi connectivity index (χ3n) is 5.63. The SMILES string of the molecule is COc1cc(CNC(=O)C2CC(=O)N(c3ccc(F)cc3F)C2)ccc1OCc1ccccc1. The second-order valence-electron chi connectivity index (χ2n) is 7.98. The first-order valence-electron chi connectivity index (χ1n) is 10.8. The number of halogens is 2. The first-order valence-corrected chi connectivity index (χ1v) is 10.8. The van der Waals surface area contributed by atoms with E-state index in [4.69, 9.17) is 9.47 Å². The molecule has 1 N–H and O–H groups in total. The molecule has 0 radical (unpaired) electrons. The maximum absolute atomic E-state index is 14.1. The lowest BCUT2D eigenvalue weighted by Crippen LogP contribution is -2.32. The minimum absolute atomic E-state index is 0.0301. The van der Waals surface area contributed by atoms with Gasteiger partial charge in [0.15, 0.2) is 11.5 Å². The number of nitrogens with zero attached hydrogens (tertiary/aromatic N) is 1. The van der Waals surface area contributed by atoms with Crippen LogP contribution in [0.5, 0.6) is 11.5 Å². The van der Waals surface area contributed by atoms with Crippen molar-refractivity contribution in [1.29, 1.82) is 0 Å². The molecule has 1 saturated heterocycles. The number of ether oxygens (including phenoxy) is 2. The van der Waals surface area contributed by atoms with Crippen LogP contribution in [0.1, 0.15) is 17.5 Å². The molecule has 3 aromatic rings. The largest absolute Gasteiger partial charge is 0.493 e. The summed E-state index contributed by atoms with van der Waals surface area (Å²) in [5, 5.41) is 2.82. The number of hydrogen-bond acceptors (Lipinski definition) is 4. The highest BCUT2D eigenvalue weighted by molar-refractivity contribution is 6.00. The molecule has 0 spiro atoms. The summed E-state index contributed by atoms with van der Waals surface area (Å²) in [5.74, 6) is -1.78. The van der Waals surface area contributed by atoms with Crippen molar-refractivity contribution in [2.75, 3.05) is 18.6 Å². The lowest BCUT2D eigenvalue weighted by atomic mass is 10.1. The number of anilines is 1. The molecule has 1 aliphatic rings. The van der Waals surface area contributed by atoms with Crippen LogP contribution in [0, 0.1) is 17.6 Å². The van der Waals surface area contributed by atoms with Crippen LogP contribution in [0.2, 0.25) is 0 Å². The van der Waals surface area contributed by atoms with Gasteiger partial charge < -0.3 is 19.7 Å². The van der Waals surface area contributed by atoms with E-state index >= 15 is 0 Å². The predicted octanol–water partition coefficient (Wildman–Crippen LogP) is 4.22. The molecule has 2 amide bonds. The third kappa shape index (κ3) is 5.33. The second-order valence-corrected chi connectivity index (χ2v) is 7.98. The molecular formula is C26H24F2N2O4. The highest BCUT2D eigenvalue weighted by Gasteiger charge is 2.36. The maximum atomic E-state index is 14.1. The van der Waals surface area contributed by atoms with E-state index in [1.54, 1.807) is 19.2 Å². The predicted molar refractivity (Wildman–Crippen MR) is 122 cm³/mol. The van der Waals surface area contributed by atoms with E-state index in [0.29, 0.717) is 18.1 Å². The first kappa shape index (κ1) is 23.2. The highest BCUT2D eigenvalue weighted by atomic mass is 19.1. The standard InChI is InChI=1S/C26H24F2N2O4/c1-33-24-11-18(7-10-23(24)34-16-17-5-3-2-4-6-17)14-29-26(32)19-12-25(31)30(15-19)22-9-8-20(27)13-21(22)28/h2-11,13,19H,12,14-16H2,1H3,(H,29,32). The highest BCUT2D eigenvalue weighted by Crippen LogP contribution is 2.30. The van der Waals surface area contributed by atoms with Gasteiger partial charge in [0.2, 0.25) is 11.8 Å². The van der Waals surface area contributed by atoms with Crippen LogP contribution in [0.15, 0.2) is 66.7 Å². The van der Waals surface area contributed by atoms with Gasteiger partial charge in [0.1, 0.15) is 18.2 Å². The Morgan fingerprint density at radius 1 is 1.03 bits per heavy atom. The van der Waals surface area contributed by atoms with Gasteiger partial charge in [-0.1, -0.05) is 36.4 Å². The zero-order valence-electron chi connectivity index (χ0n) is 18.6. The minimum atomic E-state index is -0.837. The van der Waals surface area contributed by atoms with Crippen molar-refractivity contribution in [3.63, 3.8) is 0 Å². The summed E-state index contributed by atoms with van der Waals surface area (Å²) in [7, 11) is 1.54. The van der Waals surface area contributed by atoms with Gasteiger partial charge in [-0.15, -0.1) is 0 Å². The lowest BCUT2D eigenvalue weighted by Gasteiger charge is -2.17. The van der Waals surface area contributed by atoms with E-state index < -0.39 is 17.6 Å². The number of amides is 2. The fraction of sp³-hybridized carbons (Fsp3) is 0.231. The molecule has 4 rings (SSSR count). The van der Waals surface area contributed by atoms with Crippen molar-refractivity contribution >= 4 is 17.5 Å². The number of rotatable bonds is 8. The lowest BCUT2D eigenvalue weighted by molar-refractivity contribution is -0.126. The van der Waals surface area contributed by atoms with Crippen molar-refractivity contribution in [3.05, 3.63) is 89.5 Å². The minimum Gasteiger partial charge on any atom is -0.493 e. The van der Waals surface area contributed by atoms with Crippen molar-refractivity contribution in [2.45, 2.75) is 19.6 Å². The molecule has 0 saturated carbocycles. The number of nitrogens with one attached hydrogen (secondary N) is 1. The molecule has 0 bridgehead atoms. The summed E-state index contributed by atoms with van der Waals surface area (Å²) in [5.41, 5.74) is 1.79. The Morgan fingerprint density at radius 2 is 1.82 bits per heavy atom. The summed E-state index contributed by atoms with van der Waals surface area (Å²) in [6.45, 7) is 0.653. The van der Waals surface area contributed by atoms with Gasteiger partial charge >= 0.3 is 0 Å². The van der Waals surface area contributed by atoms with Crippen LogP contribution in [0.4, 0.5) is 14.5 Å². The Kier molecular flexibility index (Phi) is 7.06. The van der Waals surface area contributed by atoms with Crippen molar-refractivity contribution in [1.82, 2.24) is 5.32 Å². The Labute approximate surface area is 196 Å². The van der Waals surface area contributed by atoms with Crippen LogP contribution in [0.25, 0.3) is 0 Å². The van der Waals surface area contributed by atoms with E-state index in [0.717, 1.165) is 23.3 Å². The van der Waals surface area contributed by atoms with Crippen molar-refractivity contribution in [2.24, 2.45) is 5.92 Å². The molecular weight excluding hydrogens is 442 g/mol. The average molecular weight is 466 g/mol. The van der Waals surface area contributed by atoms with Gasteiger partial charge in [0.05, 0.1) is 18.7 Å². The van der Waals surface area contributed by atoms with Gasteiger partial charge in [-0.2, -0.15) is 0 Å². The summed E-state index contributed by atoms with van der Waals surface area (Å²) in [6, 6.07) is 18.1. The quantitative estimate of drug-likeness (QED) is 0.540. The normalized spacial score (nSPS) is 15.3. The van der Waals surface area contributed by atoms with Gasteiger partial charge in [0, 0.05) is 25.6 Å². The van der Waals surface area contributed by atoms with Crippen molar-refractivity contribution < 1.29 is 27.8 Å². The average Bonchev–Trinajstić information content (AvgIpc) is 3.23. The van der Waals surface area contributed by atoms with Crippen molar-refractivity contribution in [3.8, 4) is 11.5 Å². The molecule has 1 atom stereocenters. The topological polar surface area (TPSA) is 67.9 Å². The second kappa shape index (κ2) is 10.3. The van der Waals surface area contributed by atoms with Gasteiger partial charge in [-0.05, 0) is 35.4 Å². The smallest absolute Gasteiger partial charge is 0.227 e. The van der Waals surface area contributed by atoms with Gasteiger partial charge in [0.25, 0.3) is 0 Å². The molecule has 8 heteroatoms. The first-order chi connectivity index (χ1) is 16.4. The molecule has 1 heterocycles. The van der Waals surface area contributed by atoms with Crippen LogP contribution >= 0.6 is 0 Å². The van der Waals surface area contributed by atoms with E-state index in [9.17, 15) is 18.4 Å². The number of hydrogen-bond donors (Lipinski definition) is 1. The number of methoxy groups -OCH3 is 1. The summed E-state index contributed by atoms with van der Waals surface area (Å²) in [6.07, 6.45) is -0.0434. The van der Waals surface area contributed by atoms with Crippen LogP contribution in [-0.2, 0) is 22.7 Å². The monoisotopic (exact) mass is 466 g/mol. The van der Waals surface area contributed by atoms with E-state index in [1.807, 2.05) is 36.4 Å². The Bertz CT molecular complexity index is 1190. The molecule has 176 valence electrons. The Balaban J connectivity index is 1.34. The molecule has 34 heavy (non-hydrogen) atoms. The van der Waals surface area contributed by atoms with E-state index in [2.05, 4.69) is 5.32 Å². The fourth-order valence-electron chi connectivity index (χ4n) is 3.83. The molecule has 1 aliphatic heterocycles. The summed E-state index contributed by atoms with van der Waals surface area (Å²) in [4.78, 5) is 26.2. The molecule has 1 fully saturated rings. The van der Waals surface area contributed by atoms with Crippen LogP contribution in [-0.4, -0.2) is 25.5 Å². The number of carbonyl (C=O) groups is 2. The fourth-order valence-corrected chi connectivity index (χ4v) is 3.83. The molecule has 3 aromatic carbocycles. The zero-order chi connectivity index (χ0) is 24.1. The van der Waals surface area contributed by atoms with Gasteiger partial charge in [-0.3, -0.25) is 9.59 Å². The molecule has 1 unspecified atom stereocenters. The summed E-state index contributed by atoms with van der Waals surface area (Å²) >= 11 is 0. The summed E-state index contributed by atoms with van der Waals surface area (Å²) < 4.78 is 38.5.